The summed E-state index contributed by atoms with van der Waals surface area (Å²) in [6, 6.07) is 17.7. The molecule has 0 aliphatic rings. The van der Waals surface area contributed by atoms with Crippen molar-refractivity contribution in [1.29, 1.82) is 0 Å². The maximum absolute atomic E-state index is 5.94. The highest BCUT2D eigenvalue weighted by Crippen LogP contribution is 2.35. The third-order valence-corrected chi connectivity index (χ3v) is 3.43. The standard InChI is InChI=1S/C17H22N2O2/c1-3-21-17(13-9-5-4-6-10-13)16(19-18)14-11-7-8-12-15(14)20-2/h4-12,16-17,19H,3,18H2,1-2H3. The Bertz CT molecular complexity index is 545. The molecule has 0 aromatic heterocycles. The second kappa shape index (κ2) is 7.78. The largest absolute Gasteiger partial charge is 0.496 e. The number of methoxy groups -OCH3 is 1. The van der Waals surface area contributed by atoms with Gasteiger partial charge in [0.05, 0.1) is 13.2 Å². The number of hydrazine groups is 1. The van der Waals surface area contributed by atoms with Gasteiger partial charge in [0, 0.05) is 12.2 Å². The van der Waals surface area contributed by atoms with E-state index in [4.69, 9.17) is 15.3 Å². The van der Waals surface area contributed by atoms with E-state index in [-0.39, 0.29) is 12.1 Å². The lowest BCUT2D eigenvalue weighted by molar-refractivity contribution is 0.0320. The average molecular weight is 286 g/mol. The van der Waals surface area contributed by atoms with Crippen LogP contribution in [0.15, 0.2) is 54.6 Å². The van der Waals surface area contributed by atoms with Crippen LogP contribution in [0.2, 0.25) is 0 Å². The molecule has 112 valence electrons. The number of ether oxygens (including phenoxy) is 2. The Labute approximate surface area is 125 Å². The van der Waals surface area contributed by atoms with Crippen LogP contribution in [0.4, 0.5) is 0 Å². The summed E-state index contributed by atoms with van der Waals surface area (Å²) in [6.45, 7) is 2.58. The van der Waals surface area contributed by atoms with E-state index in [2.05, 4.69) is 5.43 Å². The summed E-state index contributed by atoms with van der Waals surface area (Å²) in [5.41, 5.74) is 4.93. The van der Waals surface area contributed by atoms with Crippen molar-refractivity contribution in [2.75, 3.05) is 13.7 Å². The van der Waals surface area contributed by atoms with E-state index < -0.39 is 0 Å². The number of rotatable bonds is 7. The molecular weight excluding hydrogens is 264 g/mol. The summed E-state index contributed by atoms with van der Waals surface area (Å²) >= 11 is 0. The van der Waals surface area contributed by atoms with Crippen LogP contribution in [0.3, 0.4) is 0 Å². The number of benzene rings is 2. The molecule has 0 aliphatic heterocycles. The zero-order valence-electron chi connectivity index (χ0n) is 12.5. The van der Waals surface area contributed by atoms with Gasteiger partial charge in [-0.1, -0.05) is 48.5 Å². The predicted octanol–water partition coefficient (Wildman–Crippen LogP) is 2.98. The van der Waals surface area contributed by atoms with E-state index in [1.807, 2.05) is 61.5 Å². The molecule has 2 unspecified atom stereocenters. The summed E-state index contributed by atoms with van der Waals surface area (Å²) in [5, 5.41) is 0. The third-order valence-electron chi connectivity index (χ3n) is 3.43. The Hall–Kier alpha value is -1.88. The highest BCUT2D eigenvalue weighted by Gasteiger charge is 2.26. The van der Waals surface area contributed by atoms with E-state index in [0.717, 1.165) is 16.9 Å². The first-order valence-electron chi connectivity index (χ1n) is 7.07. The maximum Gasteiger partial charge on any atom is 0.123 e. The molecule has 0 heterocycles. The van der Waals surface area contributed by atoms with Gasteiger partial charge in [0.2, 0.25) is 0 Å². The SMILES string of the molecule is CCOC(c1ccccc1)C(NN)c1ccccc1OC. The maximum atomic E-state index is 5.94. The Morgan fingerprint density at radius 2 is 1.71 bits per heavy atom. The van der Waals surface area contributed by atoms with Crippen molar-refractivity contribution in [1.82, 2.24) is 5.43 Å². The molecule has 3 N–H and O–H groups in total. The van der Waals surface area contributed by atoms with Gasteiger partial charge in [-0.2, -0.15) is 0 Å². The predicted molar refractivity (Wildman–Crippen MR) is 83.9 cm³/mol. The zero-order valence-corrected chi connectivity index (χ0v) is 12.5. The normalized spacial score (nSPS) is 13.7. The molecule has 0 fully saturated rings. The van der Waals surface area contributed by atoms with Crippen molar-refractivity contribution >= 4 is 0 Å². The van der Waals surface area contributed by atoms with E-state index >= 15 is 0 Å². The first-order valence-corrected chi connectivity index (χ1v) is 7.07. The minimum absolute atomic E-state index is 0.183. The molecule has 0 aliphatic carbocycles. The van der Waals surface area contributed by atoms with Crippen LogP contribution < -0.4 is 16.0 Å². The lowest BCUT2D eigenvalue weighted by Crippen LogP contribution is -2.34. The molecule has 2 aromatic rings. The monoisotopic (exact) mass is 286 g/mol. The molecule has 0 spiro atoms. The fourth-order valence-corrected chi connectivity index (χ4v) is 2.47. The molecule has 0 bridgehead atoms. The Kier molecular flexibility index (Phi) is 5.75. The van der Waals surface area contributed by atoms with Crippen molar-refractivity contribution in [3.8, 4) is 5.75 Å². The van der Waals surface area contributed by atoms with Gasteiger partial charge in [-0.15, -0.1) is 0 Å². The average Bonchev–Trinajstić information content (AvgIpc) is 2.56. The van der Waals surface area contributed by atoms with Crippen LogP contribution in [0, 0.1) is 0 Å². The van der Waals surface area contributed by atoms with Gasteiger partial charge in [0.1, 0.15) is 11.9 Å². The van der Waals surface area contributed by atoms with Gasteiger partial charge < -0.3 is 9.47 Å². The van der Waals surface area contributed by atoms with Gasteiger partial charge >= 0.3 is 0 Å². The number of para-hydroxylation sites is 1. The van der Waals surface area contributed by atoms with Crippen LogP contribution in [0.5, 0.6) is 5.75 Å². The van der Waals surface area contributed by atoms with Gasteiger partial charge in [0.25, 0.3) is 0 Å². The number of hydrogen-bond acceptors (Lipinski definition) is 4. The van der Waals surface area contributed by atoms with E-state index in [1.54, 1.807) is 7.11 Å². The molecule has 0 amide bonds. The minimum atomic E-state index is -0.191. The van der Waals surface area contributed by atoms with Crippen molar-refractivity contribution in [2.45, 2.75) is 19.1 Å². The topological polar surface area (TPSA) is 56.5 Å². The van der Waals surface area contributed by atoms with Crippen LogP contribution in [0.25, 0.3) is 0 Å². The van der Waals surface area contributed by atoms with Crippen molar-refractivity contribution < 1.29 is 9.47 Å². The molecular formula is C17H22N2O2. The summed E-state index contributed by atoms with van der Waals surface area (Å²) < 4.78 is 11.4. The summed E-state index contributed by atoms with van der Waals surface area (Å²) in [5.74, 6) is 6.60. The fraction of sp³-hybridized carbons (Fsp3) is 0.294. The highest BCUT2D eigenvalue weighted by atomic mass is 16.5. The third kappa shape index (κ3) is 3.61. The highest BCUT2D eigenvalue weighted by molar-refractivity contribution is 5.38. The van der Waals surface area contributed by atoms with E-state index in [9.17, 15) is 0 Å². The molecule has 0 radical (unpaired) electrons. The second-order valence-electron chi connectivity index (χ2n) is 4.67. The van der Waals surface area contributed by atoms with Gasteiger partial charge in [0.15, 0.2) is 0 Å². The molecule has 0 saturated heterocycles. The van der Waals surface area contributed by atoms with Gasteiger partial charge in [-0.25, -0.2) is 5.43 Å². The van der Waals surface area contributed by atoms with Gasteiger partial charge in [-0.3, -0.25) is 5.84 Å². The number of nitrogens with two attached hydrogens (primary N) is 1. The Balaban J connectivity index is 2.40. The minimum Gasteiger partial charge on any atom is -0.496 e. The molecule has 21 heavy (non-hydrogen) atoms. The van der Waals surface area contributed by atoms with Crippen LogP contribution in [0.1, 0.15) is 30.2 Å². The first-order chi connectivity index (χ1) is 10.3. The number of nitrogens with one attached hydrogen (secondary N) is 1. The lowest BCUT2D eigenvalue weighted by Gasteiger charge is -2.28. The Morgan fingerprint density at radius 3 is 2.33 bits per heavy atom. The molecule has 2 aromatic carbocycles. The zero-order chi connectivity index (χ0) is 15.1. The quantitative estimate of drug-likeness (QED) is 0.607. The van der Waals surface area contributed by atoms with Crippen molar-refractivity contribution in [3.63, 3.8) is 0 Å². The summed E-state index contributed by atoms with van der Waals surface area (Å²) in [7, 11) is 1.66. The van der Waals surface area contributed by atoms with Crippen LogP contribution >= 0.6 is 0 Å². The smallest absolute Gasteiger partial charge is 0.123 e. The fourth-order valence-electron chi connectivity index (χ4n) is 2.47. The van der Waals surface area contributed by atoms with Crippen molar-refractivity contribution in [2.24, 2.45) is 5.84 Å². The summed E-state index contributed by atoms with van der Waals surface area (Å²) in [6.07, 6.45) is -0.183. The van der Waals surface area contributed by atoms with Crippen LogP contribution in [-0.2, 0) is 4.74 Å². The second-order valence-corrected chi connectivity index (χ2v) is 4.67. The lowest BCUT2D eigenvalue weighted by atomic mass is 9.95. The summed E-state index contributed by atoms with van der Waals surface area (Å²) in [4.78, 5) is 0. The molecule has 4 nitrogen and oxygen atoms in total. The molecule has 4 heteroatoms. The van der Waals surface area contributed by atoms with Crippen LogP contribution in [-0.4, -0.2) is 13.7 Å². The van der Waals surface area contributed by atoms with Crippen molar-refractivity contribution in [3.05, 3.63) is 65.7 Å². The van der Waals surface area contributed by atoms with Gasteiger partial charge in [-0.05, 0) is 18.6 Å². The first kappa shape index (κ1) is 15.5. The number of hydrogen-bond donors (Lipinski definition) is 2. The molecule has 2 atom stereocenters. The molecule has 2 rings (SSSR count). The molecule has 0 saturated carbocycles. The van der Waals surface area contributed by atoms with E-state index in [0.29, 0.717) is 6.61 Å². The Morgan fingerprint density at radius 1 is 1.05 bits per heavy atom. The van der Waals surface area contributed by atoms with E-state index in [1.165, 1.54) is 0 Å².